The van der Waals surface area contributed by atoms with Crippen molar-refractivity contribution in [2.45, 2.75) is 19.8 Å². The summed E-state index contributed by atoms with van der Waals surface area (Å²) in [4.78, 5) is 37.1. The Bertz CT molecular complexity index is 707. The van der Waals surface area contributed by atoms with Crippen molar-refractivity contribution in [3.63, 3.8) is 0 Å². The van der Waals surface area contributed by atoms with Crippen LogP contribution in [0.25, 0.3) is 6.08 Å². The van der Waals surface area contributed by atoms with Gasteiger partial charge >= 0.3 is 0 Å². The van der Waals surface area contributed by atoms with Crippen LogP contribution in [0, 0.1) is 0 Å². The highest BCUT2D eigenvalue weighted by molar-refractivity contribution is 8.18. The molecule has 1 aliphatic rings. The first-order chi connectivity index (χ1) is 11.4. The van der Waals surface area contributed by atoms with Crippen molar-refractivity contribution in [2.75, 3.05) is 13.1 Å². The van der Waals surface area contributed by atoms with Gasteiger partial charge in [0.1, 0.15) is 0 Å². The number of rotatable bonds is 6. The molecule has 128 valence electrons. The third-order valence-corrected chi connectivity index (χ3v) is 4.73. The second kappa shape index (κ2) is 8.55. The molecule has 1 N–H and O–H groups in total. The quantitative estimate of drug-likeness (QED) is 0.751. The van der Waals surface area contributed by atoms with Crippen molar-refractivity contribution < 1.29 is 14.4 Å². The molecule has 0 unspecified atom stereocenters. The van der Waals surface area contributed by atoms with Crippen LogP contribution in [0.1, 0.15) is 25.3 Å². The number of nitrogens with zero attached hydrogens (tertiary/aromatic N) is 1. The number of thioether (sulfide) groups is 1. The third-order valence-electron chi connectivity index (χ3n) is 3.26. The predicted molar refractivity (Wildman–Crippen MR) is 97.1 cm³/mol. The molecule has 1 heterocycles. The van der Waals surface area contributed by atoms with E-state index in [2.05, 4.69) is 5.32 Å². The Hall–Kier alpha value is -1.50. The van der Waals surface area contributed by atoms with Crippen LogP contribution in [0.15, 0.2) is 23.1 Å². The zero-order chi connectivity index (χ0) is 17.7. The highest BCUT2D eigenvalue weighted by Crippen LogP contribution is 2.33. The van der Waals surface area contributed by atoms with Crippen LogP contribution >= 0.6 is 35.0 Å². The molecule has 5 nitrogen and oxygen atoms in total. The first kappa shape index (κ1) is 18.8. The fourth-order valence-corrected chi connectivity index (χ4v) is 3.39. The van der Waals surface area contributed by atoms with Crippen LogP contribution in [0.3, 0.4) is 0 Å². The molecule has 1 aromatic rings. The minimum absolute atomic E-state index is 0.0899. The molecule has 1 aromatic carbocycles. The summed E-state index contributed by atoms with van der Waals surface area (Å²) in [6.45, 7) is 2.29. The molecule has 1 saturated heterocycles. The van der Waals surface area contributed by atoms with Crippen molar-refractivity contribution in [2.24, 2.45) is 0 Å². The number of nitrogens with one attached hydrogen (secondary N) is 1. The van der Waals surface area contributed by atoms with E-state index in [4.69, 9.17) is 23.2 Å². The van der Waals surface area contributed by atoms with Crippen molar-refractivity contribution >= 4 is 58.1 Å². The van der Waals surface area contributed by atoms with Crippen LogP contribution < -0.4 is 5.32 Å². The van der Waals surface area contributed by atoms with Crippen LogP contribution in [-0.4, -0.2) is 35.0 Å². The number of carbonyl (C=O) groups excluding carboxylic acids is 3. The van der Waals surface area contributed by atoms with Gasteiger partial charge in [-0.25, -0.2) is 0 Å². The van der Waals surface area contributed by atoms with Crippen molar-refractivity contribution in [1.29, 1.82) is 0 Å². The molecule has 0 aromatic heterocycles. The normalized spacial score (nSPS) is 16.1. The van der Waals surface area contributed by atoms with E-state index in [9.17, 15) is 14.4 Å². The Balaban J connectivity index is 2.03. The lowest BCUT2D eigenvalue weighted by molar-refractivity contribution is -0.124. The van der Waals surface area contributed by atoms with Crippen LogP contribution in [0.4, 0.5) is 4.79 Å². The third kappa shape index (κ3) is 4.75. The smallest absolute Gasteiger partial charge is 0.293 e. The van der Waals surface area contributed by atoms with Gasteiger partial charge in [-0.2, -0.15) is 0 Å². The molecule has 1 fully saturated rings. The summed E-state index contributed by atoms with van der Waals surface area (Å²) < 4.78 is 0. The summed E-state index contributed by atoms with van der Waals surface area (Å²) in [5, 5.41) is 3.22. The van der Waals surface area contributed by atoms with Gasteiger partial charge in [-0.05, 0) is 42.0 Å². The Morgan fingerprint density at radius 3 is 2.75 bits per heavy atom. The molecule has 0 radical (unpaired) electrons. The topological polar surface area (TPSA) is 66.5 Å². The lowest BCUT2D eigenvalue weighted by atomic mass is 10.2. The molecule has 2 rings (SSSR count). The van der Waals surface area contributed by atoms with Gasteiger partial charge in [0.05, 0.1) is 4.91 Å². The fraction of sp³-hybridized carbons (Fsp3) is 0.312. The second-order valence-corrected chi connectivity index (χ2v) is 6.94. The van der Waals surface area contributed by atoms with Gasteiger partial charge in [0.2, 0.25) is 5.91 Å². The van der Waals surface area contributed by atoms with E-state index in [1.54, 1.807) is 24.3 Å². The zero-order valence-electron chi connectivity index (χ0n) is 13.0. The average Bonchev–Trinajstić information content (AvgIpc) is 2.78. The second-order valence-electron chi connectivity index (χ2n) is 5.10. The number of hydrogen-bond acceptors (Lipinski definition) is 4. The Kier molecular flexibility index (Phi) is 6.71. The first-order valence-corrected chi connectivity index (χ1v) is 8.96. The van der Waals surface area contributed by atoms with E-state index >= 15 is 0 Å². The number of benzene rings is 1. The zero-order valence-corrected chi connectivity index (χ0v) is 15.3. The molecular weight excluding hydrogens is 371 g/mol. The highest BCUT2D eigenvalue weighted by Gasteiger charge is 2.34. The van der Waals surface area contributed by atoms with Gasteiger partial charge in [-0.3, -0.25) is 19.3 Å². The largest absolute Gasteiger partial charge is 0.354 e. The maximum atomic E-state index is 12.3. The fourth-order valence-electron chi connectivity index (χ4n) is 2.08. The number of imide groups is 1. The molecule has 1 aliphatic heterocycles. The molecular formula is C16H16Cl2N2O3S. The van der Waals surface area contributed by atoms with Crippen molar-refractivity contribution in [3.8, 4) is 0 Å². The number of carbonyl (C=O) groups is 3. The maximum Gasteiger partial charge on any atom is 0.293 e. The molecule has 0 spiro atoms. The Labute approximate surface area is 154 Å². The van der Waals surface area contributed by atoms with E-state index < -0.39 is 0 Å². The minimum Gasteiger partial charge on any atom is -0.354 e. The lowest BCUT2D eigenvalue weighted by Gasteiger charge is -2.12. The summed E-state index contributed by atoms with van der Waals surface area (Å²) in [5.41, 5.74) is 0.614. The van der Waals surface area contributed by atoms with Gasteiger partial charge in [0, 0.05) is 29.6 Å². The number of halogens is 2. The SMILES string of the molecule is CCCC(=O)NCCN1C(=O)S/C(=C/c2ccc(Cl)cc2Cl)C1=O. The highest BCUT2D eigenvalue weighted by atomic mass is 35.5. The van der Waals surface area contributed by atoms with Gasteiger partial charge < -0.3 is 5.32 Å². The Morgan fingerprint density at radius 1 is 1.33 bits per heavy atom. The average molecular weight is 387 g/mol. The maximum absolute atomic E-state index is 12.3. The molecule has 0 aliphatic carbocycles. The molecule has 0 saturated carbocycles. The summed E-state index contributed by atoms with van der Waals surface area (Å²) in [7, 11) is 0. The Morgan fingerprint density at radius 2 is 2.08 bits per heavy atom. The summed E-state index contributed by atoms with van der Waals surface area (Å²) in [5.74, 6) is -0.478. The number of hydrogen-bond donors (Lipinski definition) is 1. The van der Waals surface area contributed by atoms with Gasteiger partial charge in [0.15, 0.2) is 0 Å². The minimum atomic E-state index is -0.388. The molecule has 24 heavy (non-hydrogen) atoms. The standard InChI is InChI=1S/C16H16Cl2N2O3S/c1-2-3-14(21)19-6-7-20-15(22)13(24-16(20)23)8-10-4-5-11(17)9-12(10)18/h4-5,8-9H,2-3,6-7H2,1H3,(H,19,21)/b13-8+. The van der Waals surface area contributed by atoms with Gasteiger partial charge in [0.25, 0.3) is 11.1 Å². The van der Waals surface area contributed by atoms with E-state index in [1.807, 2.05) is 6.92 Å². The van der Waals surface area contributed by atoms with E-state index in [0.717, 1.165) is 23.1 Å². The molecule has 0 bridgehead atoms. The molecule has 3 amide bonds. The van der Waals surface area contributed by atoms with Crippen LogP contribution in [0.5, 0.6) is 0 Å². The monoisotopic (exact) mass is 386 g/mol. The predicted octanol–water partition coefficient (Wildman–Crippen LogP) is 3.95. The van der Waals surface area contributed by atoms with E-state index in [1.165, 1.54) is 0 Å². The van der Waals surface area contributed by atoms with Gasteiger partial charge in [-0.1, -0.05) is 36.2 Å². The first-order valence-electron chi connectivity index (χ1n) is 7.39. The van der Waals surface area contributed by atoms with Crippen molar-refractivity contribution in [3.05, 3.63) is 38.7 Å². The van der Waals surface area contributed by atoms with Crippen molar-refractivity contribution in [1.82, 2.24) is 10.2 Å². The van der Waals surface area contributed by atoms with E-state index in [0.29, 0.717) is 26.9 Å². The van der Waals surface area contributed by atoms with Gasteiger partial charge in [-0.15, -0.1) is 0 Å². The summed E-state index contributed by atoms with van der Waals surface area (Å²) in [6.07, 6.45) is 2.74. The molecule has 0 atom stereocenters. The lowest BCUT2D eigenvalue weighted by Crippen LogP contribution is -2.37. The summed E-state index contributed by atoms with van der Waals surface area (Å²) in [6, 6.07) is 4.92. The van der Waals surface area contributed by atoms with Crippen LogP contribution in [-0.2, 0) is 9.59 Å². The number of amides is 3. The molecule has 8 heteroatoms. The van der Waals surface area contributed by atoms with Crippen LogP contribution in [0.2, 0.25) is 10.0 Å². The van der Waals surface area contributed by atoms with E-state index in [-0.39, 0.29) is 30.1 Å². The summed E-state index contributed by atoms with van der Waals surface area (Å²) >= 11 is 12.8.